The van der Waals surface area contributed by atoms with Gasteiger partial charge in [-0.1, -0.05) is 20.8 Å². The summed E-state index contributed by atoms with van der Waals surface area (Å²) >= 11 is 0. The largest absolute Gasteiger partial charge is 0.298 e. The minimum Gasteiger partial charge on any atom is -0.298 e. The van der Waals surface area contributed by atoms with Crippen molar-refractivity contribution in [3.8, 4) is 0 Å². The Morgan fingerprint density at radius 3 is 2.56 bits per heavy atom. The molecule has 0 N–H and O–H groups in total. The Morgan fingerprint density at radius 1 is 1.44 bits per heavy atom. The second kappa shape index (κ2) is 3.83. The van der Waals surface area contributed by atoms with E-state index in [4.69, 9.17) is 0 Å². The molecular formula is C14H25NO. The van der Waals surface area contributed by atoms with Gasteiger partial charge in [0.05, 0.1) is 6.04 Å². The highest BCUT2D eigenvalue weighted by atomic mass is 16.1. The molecule has 1 saturated carbocycles. The van der Waals surface area contributed by atoms with Crippen molar-refractivity contribution in [3.05, 3.63) is 0 Å². The number of Topliss-reactive ketones (excluding diaryl/α,β-unsaturated/α-hetero) is 1. The highest BCUT2D eigenvalue weighted by molar-refractivity contribution is 5.87. The Labute approximate surface area is 99.4 Å². The molecule has 0 aromatic rings. The average Bonchev–Trinajstić information content (AvgIpc) is 2.88. The maximum atomic E-state index is 12.3. The van der Waals surface area contributed by atoms with E-state index < -0.39 is 0 Å². The number of carbonyl (C=O) groups is 1. The van der Waals surface area contributed by atoms with E-state index in [-0.39, 0.29) is 17.5 Å². The zero-order valence-corrected chi connectivity index (χ0v) is 11.3. The fraction of sp³-hybridized carbons (Fsp3) is 0.929. The van der Waals surface area contributed by atoms with E-state index in [0.29, 0.717) is 11.7 Å². The fourth-order valence-electron chi connectivity index (χ4n) is 3.00. The third kappa shape index (κ3) is 1.81. The molecule has 16 heavy (non-hydrogen) atoms. The van der Waals surface area contributed by atoms with Crippen LogP contribution in [0.5, 0.6) is 0 Å². The normalized spacial score (nSPS) is 34.2. The van der Waals surface area contributed by atoms with Gasteiger partial charge in [0.1, 0.15) is 0 Å². The van der Waals surface area contributed by atoms with Gasteiger partial charge in [-0.05, 0) is 38.5 Å². The summed E-state index contributed by atoms with van der Waals surface area (Å²) in [6.07, 6.45) is 2.41. The van der Waals surface area contributed by atoms with Crippen molar-refractivity contribution in [1.82, 2.24) is 4.90 Å². The van der Waals surface area contributed by atoms with Crippen LogP contribution in [0.3, 0.4) is 0 Å². The van der Waals surface area contributed by atoms with E-state index in [9.17, 15) is 4.79 Å². The molecule has 1 aliphatic heterocycles. The van der Waals surface area contributed by atoms with Gasteiger partial charge in [-0.2, -0.15) is 0 Å². The van der Waals surface area contributed by atoms with Crippen molar-refractivity contribution in [3.63, 3.8) is 0 Å². The lowest BCUT2D eigenvalue weighted by molar-refractivity contribution is -0.129. The van der Waals surface area contributed by atoms with Crippen molar-refractivity contribution in [2.24, 2.45) is 17.8 Å². The van der Waals surface area contributed by atoms with Gasteiger partial charge in [-0.15, -0.1) is 0 Å². The van der Waals surface area contributed by atoms with Gasteiger partial charge in [0.2, 0.25) is 0 Å². The average molecular weight is 223 g/mol. The summed E-state index contributed by atoms with van der Waals surface area (Å²) in [4.78, 5) is 14.8. The van der Waals surface area contributed by atoms with E-state index in [0.717, 1.165) is 18.9 Å². The molecule has 92 valence electrons. The molecule has 2 nitrogen and oxygen atoms in total. The van der Waals surface area contributed by atoms with Crippen LogP contribution in [-0.2, 0) is 4.79 Å². The van der Waals surface area contributed by atoms with Crippen molar-refractivity contribution in [1.29, 1.82) is 0 Å². The number of rotatable bonds is 4. The number of likely N-dealkylation sites (tertiary alicyclic amines) is 1. The van der Waals surface area contributed by atoms with E-state index in [1.165, 1.54) is 6.42 Å². The van der Waals surface area contributed by atoms with Gasteiger partial charge in [0.15, 0.2) is 5.78 Å². The van der Waals surface area contributed by atoms with E-state index in [1.807, 2.05) is 13.8 Å². The first kappa shape index (κ1) is 12.1. The van der Waals surface area contributed by atoms with Gasteiger partial charge < -0.3 is 0 Å². The third-order valence-electron chi connectivity index (χ3n) is 4.65. The summed E-state index contributed by atoms with van der Waals surface area (Å²) in [7, 11) is 0. The number of ketones is 1. The van der Waals surface area contributed by atoms with Crippen LogP contribution in [0.2, 0.25) is 0 Å². The molecule has 2 aliphatic rings. The first-order valence-electron chi connectivity index (χ1n) is 6.69. The molecule has 3 atom stereocenters. The molecule has 2 rings (SSSR count). The van der Waals surface area contributed by atoms with Crippen LogP contribution < -0.4 is 0 Å². The van der Waals surface area contributed by atoms with Crippen molar-refractivity contribution >= 4 is 5.78 Å². The number of hydrogen-bond donors (Lipinski definition) is 0. The Balaban J connectivity index is 2.17. The molecule has 0 bridgehead atoms. The van der Waals surface area contributed by atoms with E-state index in [1.54, 1.807) is 0 Å². The minimum atomic E-state index is 0.180. The van der Waals surface area contributed by atoms with E-state index >= 15 is 0 Å². The maximum Gasteiger partial charge on any atom is 0.152 e. The lowest BCUT2D eigenvalue weighted by Crippen LogP contribution is -2.52. The van der Waals surface area contributed by atoms with Gasteiger partial charge >= 0.3 is 0 Å². The number of piperidine rings is 1. The zero-order chi connectivity index (χ0) is 12.1. The van der Waals surface area contributed by atoms with Crippen LogP contribution in [0, 0.1) is 17.8 Å². The molecule has 0 spiro atoms. The molecule has 0 amide bonds. The lowest BCUT2D eigenvalue weighted by atomic mass is 9.92. The SMILES string of the molecule is CCC(C)(C)N1C[C@@H]2C[C@@H]2[C@H]1C(=O)C(C)C. The molecule has 1 saturated heterocycles. The summed E-state index contributed by atoms with van der Waals surface area (Å²) in [6.45, 7) is 12.0. The molecular weight excluding hydrogens is 198 g/mol. The van der Waals surface area contributed by atoms with Crippen molar-refractivity contribution < 1.29 is 4.79 Å². The predicted molar refractivity (Wildman–Crippen MR) is 66.3 cm³/mol. The first-order chi connectivity index (χ1) is 7.38. The minimum absolute atomic E-state index is 0.180. The van der Waals surface area contributed by atoms with Crippen LogP contribution in [0.4, 0.5) is 0 Å². The third-order valence-corrected chi connectivity index (χ3v) is 4.65. The number of hydrogen-bond acceptors (Lipinski definition) is 2. The fourth-order valence-corrected chi connectivity index (χ4v) is 3.00. The Hall–Kier alpha value is -0.370. The van der Waals surface area contributed by atoms with Crippen LogP contribution in [0.25, 0.3) is 0 Å². The summed E-state index contributed by atoms with van der Waals surface area (Å²) in [5.41, 5.74) is 0.183. The van der Waals surface area contributed by atoms with Gasteiger partial charge in [0, 0.05) is 18.0 Å². The monoisotopic (exact) mass is 223 g/mol. The highest BCUT2D eigenvalue weighted by Crippen LogP contribution is 2.52. The Bertz CT molecular complexity index is 295. The molecule has 0 unspecified atom stereocenters. The Morgan fingerprint density at radius 2 is 2.06 bits per heavy atom. The van der Waals surface area contributed by atoms with Gasteiger partial charge in [0.25, 0.3) is 0 Å². The van der Waals surface area contributed by atoms with Crippen LogP contribution in [-0.4, -0.2) is 28.8 Å². The maximum absolute atomic E-state index is 12.3. The van der Waals surface area contributed by atoms with Crippen molar-refractivity contribution in [2.45, 2.75) is 59.0 Å². The van der Waals surface area contributed by atoms with Gasteiger partial charge in [-0.3, -0.25) is 9.69 Å². The summed E-state index contributed by atoms with van der Waals surface area (Å²) in [5.74, 6) is 2.14. The summed E-state index contributed by atoms with van der Waals surface area (Å²) in [5, 5.41) is 0. The topological polar surface area (TPSA) is 20.3 Å². The molecule has 1 heterocycles. The van der Waals surface area contributed by atoms with Crippen molar-refractivity contribution in [2.75, 3.05) is 6.54 Å². The zero-order valence-electron chi connectivity index (χ0n) is 11.3. The van der Waals surface area contributed by atoms with Crippen LogP contribution in [0.15, 0.2) is 0 Å². The Kier molecular flexibility index (Phi) is 2.90. The smallest absolute Gasteiger partial charge is 0.152 e. The molecule has 2 fully saturated rings. The highest BCUT2D eigenvalue weighted by Gasteiger charge is 2.57. The first-order valence-corrected chi connectivity index (χ1v) is 6.69. The van der Waals surface area contributed by atoms with E-state index in [2.05, 4.69) is 25.7 Å². The standard InChI is InChI=1S/C14H25NO/c1-6-14(4,5)15-8-10-7-11(10)12(15)13(16)9(2)3/h9-12H,6-8H2,1-5H3/t10-,11-,12-/m0/s1. The second-order valence-corrected chi connectivity index (χ2v) is 6.48. The molecule has 0 radical (unpaired) electrons. The van der Waals surface area contributed by atoms with Crippen LogP contribution >= 0.6 is 0 Å². The molecule has 0 aromatic carbocycles. The summed E-state index contributed by atoms with van der Waals surface area (Å²) in [6, 6.07) is 0.222. The number of nitrogens with zero attached hydrogens (tertiary/aromatic N) is 1. The molecule has 0 aromatic heterocycles. The quantitative estimate of drug-likeness (QED) is 0.730. The van der Waals surface area contributed by atoms with Gasteiger partial charge in [-0.25, -0.2) is 0 Å². The molecule has 2 heteroatoms. The summed E-state index contributed by atoms with van der Waals surface area (Å²) < 4.78 is 0. The number of carbonyl (C=O) groups excluding carboxylic acids is 1. The lowest BCUT2D eigenvalue weighted by Gasteiger charge is -2.40. The predicted octanol–water partition coefficient (Wildman–Crippen LogP) is 2.72. The molecule has 1 aliphatic carbocycles. The second-order valence-electron chi connectivity index (χ2n) is 6.48. The van der Waals surface area contributed by atoms with Crippen LogP contribution in [0.1, 0.15) is 47.5 Å². The number of fused-ring (bicyclic) bond motifs is 1.